The Morgan fingerprint density at radius 2 is 1.59 bits per heavy atom. The number of carbonyl (C=O) groups is 3. The van der Waals surface area contributed by atoms with Crippen LogP contribution in [0.3, 0.4) is 0 Å². The average Bonchev–Trinajstić information content (AvgIpc) is 3.09. The van der Waals surface area contributed by atoms with E-state index in [4.69, 9.17) is 14.2 Å². The van der Waals surface area contributed by atoms with Crippen molar-refractivity contribution in [3.05, 3.63) is 59.7 Å². The van der Waals surface area contributed by atoms with Crippen LogP contribution in [0.15, 0.2) is 54.1 Å². The summed E-state index contributed by atoms with van der Waals surface area (Å²) in [5.41, 5.74) is -1.34. The van der Waals surface area contributed by atoms with E-state index in [1.165, 1.54) is 13.8 Å². The quantitative estimate of drug-likeness (QED) is 0.327. The molecule has 1 saturated carbocycles. The molecule has 1 aromatic rings. The van der Waals surface area contributed by atoms with Gasteiger partial charge in [-0.1, -0.05) is 64.1 Å². The van der Waals surface area contributed by atoms with Gasteiger partial charge in [0, 0.05) is 37.5 Å². The molecule has 0 unspecified atom stereocenters. The minimum atomic E-state index is -1.59. The van der Waals surface area contributed by atoms with E-state index < -0.39 is 65.2 Å². The Bertz CT molecular complexity index is 1110. The fourth-order valence-corrected chi connectivity index (χ4v) is 5.85. The van der Waals surface area contributed by atoms with E-state index in [1.807, 2.05) is 39.8 Å². The summed E-state index contributed by atoms with van der Waals surface area (Å²) in [4.78, 5) is 37.2. The number of fused-ring (bicyclic) bond motifs is 1. The van der Waals surface area contributed by atoms with Gasteiger partial charge < -0.3 is 24.4 Å². The summed E-state index contributed by atoms with van der Waals surface area (Å²) >= 11 is 0. The molecule has 39 heavy (non-hydrogen) atoms. The second kappa shape index (κ2) is 12.0. The molecule has 2 N–H and O–H groups in total. The summed E-state index contributed by atoms with van der Waals surface area (Å²) in [6, 6.07) is 8.61. The maximum atomic E-state index is 13.1. The summed E-state index contributed by atoms with van der Waals surface area (Å²) in [6.07, 6.45) is 2.43. The van der Waals surface area contributed by atoms with Gasteiger partial charge in [0.1, 0.15) is 23.9 Å². The van der Waals surface area contributed by atoms with E-state index >= 15 is 0 Å². The minimum Gasteiger partial charge on any atom is -0.462 e. The van der Waals surface area contributed by atoms with Gasteiger partial charge in [0.25, 0.3) is 0 Å². The van der Waals surface area contributed by atoms with Crippen molar-refractivity contribution in [2.24, 2.45) is 23.2 Å². The molecular weight excluding hydrogens is 500 g/mol. The van der Waals surface area contributed by atoms with Crippen LogP contribution in [0.25, 0.3) is 0 Å². The molecule has 8 atom stereocenters. The number of rotatable bonds is 4. The third-order valence-corrected chi connectivity index (χ3v) is 8.03. The molecular formula is C31H42O8. The highest BCUT2D eigenvalue weighted by molar-refractivity contribution is 5.89. The predicted octanol–water partition coefficient (Wildman–Crippen LogP) is 4.39. The molecule has 0 spiro atoms. The molecule has 0 saturated heterocycles. The van der Waals surface area contributed by atoms with E-state index in [1.54, 1.807) is 43.3 Å². The van der Waals surface area contributed by atoms with Gasteiger partial charge in [-0.25, -0.2) is 4.79 Å². The normalized spacial score (nSPS) is 34.5. The highest BCUT2D eigenvalue weighted by atomic mass is 16.6. The highest BCUT2D eigenvalue weighted by Crippen LogP contribution is 2.48. The molecule has 8 nitrogen and oxygen atoms in total. The number of esters is 3. The third-order valence-electron chi connectivity index (χ3n) is 8.03. The van der Waals surface area contributed by atoms with E-state index in [0.717, 1.165) is 0 Å². The van der Waals surface area contributed by atoms with Crippen molar-refractivity contribution in [1.82, 2.24) is 0 Å². The summed E-state index contributed by atoms with van der Waals surface area (Å²) in [5.74, 6) is -3.03. The lowest BCUT2D eigenvalue weighted by Crippen LogP contribution is -2.52. The van der Waals surface area contributed by atoms with E-state index in [0.29, 0.717) is 11.1 Å². The Morgan fingerprint density at radius 3 is 2.18 bits per heavy atom. The highest BCUT2D eigenvalue weighted by Gasteiger charge is 2.58. The van der Waals surface area contributed by atoms with Crippen molar-refractivity contribution in [2.75, 3.05) is 0 Å². The summed E-state index contributed by atoms with van der Waals surface area (Å²) in [5, 5.41) is 23.5. The molecule has 1 fully saturated rings. The fraction of sp³-hybridized carbons (Fsp3) is 0.581. The predicted molar refractivity (Wildman–Crippen MR) is 145 cm³/mol. The Hall–Kier alpha value is -2.97. The Labute approximate surface area is 231 Å². The maximum Gasteiger partial charge on any atom is 0.338 e. The molecule has 214 valence electrons. The SMILES string of the molecule is CC(=O)O[C@@H]1C[C@@H](O)C(C)=C[C@H]2[C@@H](OC(=O)c3ccccc3)[C@@H](C)C[C@]2(O)[C@@H](OC(C)=O)[C@@H](C)C=CC1(C)C. The molecule has 2 aliphatic carbocycles. The van der Waals surface area contributed by atoms with Gasteiger partial charge in [-0.2, -0.15) is 0 Å². The zero-order valence-electron chi connectivity index (χ0n) is 23.9. The third kappa shape index (κ3) is 6.97. The molecule has 0 aliphatic heterocycles. The van der Waals surface area contributed by atoms with Crippen molar-refractivity contribution in [3.63, 3.8) is 0 Å². The van der Waals surface area contributed by atoms with Crippen molar-refractivity contribution in [3.8, 4) is 0 Å². The summed E-state index contributed by atoms with van der Waals surface area (Å²) in [7, 11) is 0. The molecule has 0 heterocycles. The van der Waals surface area contributed by atoms with Crippen molar-refractivity contribution < 1.29 is 38.8 Å². The van der Waals surface area contributed by atoms with E-state index in [2.05, 4.69) is 0 Å². The van der Waals surface area contributed by atoms with Crippen LogP contribution in [-0.2, 0) is 23.8 Å². The van der Waals surface area contributed by atoms with Gasteiger partial charge in [-0.05, 0) is 37.0 Å². The summed E-state index contributed by atoms with van der Waals surface area (Å²) in [6.45, 7) is 11.9. The van der Waals surface area contributed by atoms with Crippen molar-refractivity contribution >= 4 is 17.9 Å². The molecule has 1 aromatic carbocycles. The first-order chi connectivity index (χ1) is 18.2. The van der Waals surface area contributed by atoms with Gasteiger partial charge in [0.2, 0.25) is 0 Å². The van der Waals surface area contributed by atoms with Crippen LogP contribution in [0.2, 0.25) is 0 Å². The van der Waals surface area contributed by atoms with Crippen LogP contribution < -0.4 is 0 Å². The first-order valence-corrected chi connectivity index (χ1v) is 13.5. The number of hydrogen-bond donors (Lipinski definition) is 2. The zero-order valence-corrected chi connectivity index (χ0v) is 23.9. The van der Waals surface area contributed by atoms with Gasteiger partial charge in [-0.3, -0.25) is 9.59 Å². The van der Waals surface area contributed by atoms with E-state index in [9.17, 15) is 24.6 Å². The smallest absolute Gasteiger partial charge is 0.338 e. The van der Waals surface area contributed by atoms with Gasteiger partial charge >= 0.3 is 17.9 Å². The number of aliphatic hydroxyl groups excluding tert-OH is 1. The van der Waals surface area contributed by atoms with Crippen LogP contribution in [0, 0.1) is 23.2 Å². The van der Waals surface area contributed by atoms with Crippen molar-refractivity contribution in [1.29, 1.82) is 0 Å². The lowest BCUT2D eigenvalue weighted by atomic mass is 9.75. The molecule has 3 rings (SSSR count). The second-order valence-corrected chi connectivity index (χ2v) is 11.8. The molecule has 0 radical (unpaired) electrons. The molecule has 0 aromatic heterocycles. The number of benzene rings is 1. The lowest BCUT2D eigenvalue weighted by molar-refractivity contribution is -0.173. The van der Waals surface area contributed by atoms with E-state index in [-0.39, 0.29) is 18.8 Å². The average molecular weight is 543 g/mol. The van der Waals surface area contributed by atoms with Crippen LogP contribution in [0.1, 0.15) is 71.7 Å². The van der Waals surface area contributed by atoms with Gasteiger partial charge in [0.15, 0.2) is 0 Å². The molecule has 8 heteroatoms. The number of carbonyl (C=O) groups excluding carboxylic acids is 3. The monoisotopic (exact) mass is 542 g/mol. The fourth-order valence-electron chi connectivity index (χ4n) is 5.85. The Balaban J connectivity index is 2.13. The molecule has 0 bridgehead atoms. The lowest BCUT2D eigenvalue weighted by Gasteiger charge is -2.40. The molecule has 2 aliphatic rings. The standard InChI is InChI=1S/C31H42O8/c1-18-13-14-30(6,7)26(37-21(4)32)16-25(34)19(2)15-24-27(39-29(35)23-11-9-8-10-12-23)20(3)17-31(24,36)28(18)38-22(5)33/h8-15,18,20,24-28,34,36H,16-17H2,1-7H3/t18-,20-,24-,25+,26+,27-,28-,31+/m0/s1. The Kier molecular flexibility index (Phi) is 9.44. The minimum absolute atomic E-state index is 0.135. The van der Waals surface area contributed by atoms with Crippen LogP contribution in [0.4, 0.5) is 0 Å². The number of aliphatic hydroxyl groups is 2. The first-order valence-electron chi connectivity index (χ1n) is 13.5. The second-order valence-electron chi connectivity index (χ2n) is 11.8. The van der Waals surface area contributed by atoms with Gasteiger partial charge in [-0.15, -0.1) is 0 Å². The van der Waals surface area contributed by atoms with Gasteiger partial charge in [0.05, 0.1) is 11.7 Å². The van der Waals surface area contributed by atoms with Crippen LogP contribution in [-0.4, -0.2) is 58.1 Å². The largest absolute Gasteiger partial charge is 0.462 e. The van der Waals surface area contributed by atoms with Crippen LogP contribution in [0.5, 0.6) is 0 Å². The zero-order chi connectivity index (χ0) is 29.1. The number of hydrogen-bond acceptors (Lipinski definition) is 8. The molecule has 0 amide bonds. The maximum absolute atomic E-state index is 13.1. The van der Waals surface area contributed by atoms with Crippen molar-refractivity contribution in [2.45, 2.75) is 91.3 Å². The number of ether oxygens (including phenoxy) is 3. The first kappa shape index (κ1) is 30.6. The topological polar surface area (TPSA) is 119 Å². The summed E-state index contributed by atoms with van der Waals surface area (Å²) < 4.78 is 17.4. The van der Waals surface area contributed by atoms with Crippen LogP contribution >= 0.6 is 0 Å². The Morgan fingerprint density at radius 1 is 0.974 bits per heavy atom.